The van der Waals surface area contributed by atoms with Crippen LogP contribution in [0.5, 0.6) is 11.5 Å². The zero-order valence-corrected chi connectivity index (χ0v) is 18.7. The van der Waals surface area contributed by atoms with Crippen molar-refractivity contribution >= 4 is 29.4 Å². The molecule has 1 N–H and O–H groups in total. The van der Waals surface area contributed by atoms with E-state index >= 15 is 0 Å². The third-order valence-corrected chi connectivity index (χ3v) is 4.64. The maximum Gasteiger partial charge on any atom is 0.163 e. The molecule has 0 aliphatic rings. The van der Waals surface area contributed by atoms with E-state index in [4.69, 9.17) is 4.74 Å². The molecule has 0 spiro atoms. The summed E-state index contributed by atoms with van der Waals surface area (Å²) in [5.41, 5.74) is 2.64. The molecule has 0 aliphatic heterocycles. The van der Waals surface area contributed by atoms with Crippen LogP contribution in [0.15, 0.2) is 54.6 Å². The fourth-order valence-corrected chi connectivity index (χ4v) is 3.05. The number of hydrogen-bond acceptors (Lipinski definition) is 5. The molecule has 0 unspecified atom stereocenters. The van der Waals surface area contributed by atoms with E-state index in [0.29, 0.717) is 5.75 Å². The third-order valence-electron chi connectivity index (χ3n) is 4.64. The van der Waals surface area contributed by atoms with Crippen molar-refractivity contribution in [3.8, 4) is 11.5 Å². The van der Waals surface area contributed by atoms with Gasteiger partial charge in [0, 0.05) is 30.4 Å². The summed E-state index contributed by atoms with van der Waals surface area (Å²) in [4.78, 5) is 26.6. The lowest BCUT2D eigenvalue weighted by Gasteiger charge is -2.23. The van der Waals surface area contributed by atoms with E-state index in [9.17, 15) is 14.7 Å². The first-order chi connectivity index (χ1) is 14.8. The molecule has 0 fully saturated rings. The van der Waals surface area contributed by atoms with Crippen LogP contribution in [0.3, 0.4) is 0 Å². The van der Waals surface area contributed by atoms with E-state index in [1.165, 1.54) is 12.2 Å². The quantitative estimate of drug-likeness (QED) is 0.395. The number of aromatic hydroxyl groups is 1. The highest BCUT2D eigenvalue weighted by molar-refractivity contribution is 6.11. The predicted octanol–water partition coefficient (Wildman–Crippen LogP) is 5.28. The van der Waals surface area contributed by atoms with Crippen molar-refractivity contribution in [3.05, 3.63) is 65.7 Å². The number of allylic oxidation sites excluding steroid dienone is 2. The number of phenolic OH excluding ortho intramolecular Hbond substituents is 1. The Morgan fingerprint density at radius 1 is 0.968 bits per heavy atom. The summed E-state index contributed by atoms with van der Waals surface area (Å²) in [6, 6.07) is 12.4. The van der Waals surface area contributed by atoms with Gasteiger partial charge in [0.2, 0.25) is 0 Å². The smallest absolute Gasteiger partial charge is 0.163 e. The van der Waals surface area contributed by atoms with Crippen LogP contribution in [0.1, 0.15) is 45.2 Å². The maximum atomic E-state index is 12.3. The van der Waals surface area contributed by atoms with Gasteiger partial charge in [-0.2, -0.15) is 0 Å². The highest BCUT2D eigenvalue weighted by Crippen LogP contribution is 2.28. The summed E-state index contributed by atoms with van der Waals surface area (Å²) in [6.07, 6.45) is 5.92. The normalized spacial score (nSPS) is 11.4. The van der Waals surface area contributed by atoms with E-state index in [2.05, 4.69) is 18.7 Å². The lowest BCUT2D eigenvalue weighted by Crippen LogP contribution is -2.21. The second kappa shape index (κ2) is 11.7. The lowest BCUT2D eigenvalue weighted by molar-refractivity contribution is -0.121. The Morgan fingerprint density at radius 3 is 2.16 bits per heavy atom. The molecule has 0 saturated carbocycles. The maximum absolute atomic E-state index is 12.3. The zero-order valence-electron chi connectivity index (χ0n) is 18.7. The number of carbonyl (C=O) groups excluding carboxylic acids is 2. The summed E-state index contributed by atoms with van der Waals surface area (Å²) in [5.74, 6) is 0.318. The minimum absolute atomic E-state index is 0.00131. The molecule has 0 heterocycles. The fraction of sp³-hybridized carbons (Fsp3) is 0.308. The minimum Gasteiger partial charge on any atom is -0.508 e. The second-order valence-electron chi connectivity index (χ2n) is 7.43. The van der Waals surface area contributed by atoms with Crippen molar-refractivity contribution in [2.75, 3.05) is 18.0 Å². The number of nitrogens with zero attached hydrogens (tertiary/aromatic N) is 1. The monoisotopic (exact) mass is 421 g/mol. The van der Waals surface area contributed by atoms with Gasteiger partial charge in [0.05, 0.1) is 12.5 Å². The zero-order chi connectivity index (χ0) is 22.8. The standard InChI is InChI=1S/C26H31NO4/c1-5-27(6-2)22-12-10-21(26(17-22)31-19(3)4)11-16-25(30)18-24(29)15-9-20-7-13-23(28)14-8-20/h7-17,19,28H,5-6,18H2,1-4H3. The first kappa shape index (κ1) is 23.9. The van der Waals surface area contributed by atoms with Gasteiger partial charge in [0.15, 0.2) is 11.6 Å². The largest absolute Gasteiger partial charge is 0.508 e. The number of ketones is 2. The van der Waals surface area contributed by atoms with Gasteiger partial charge >= 0.3 is 0 Å². The molecule has 2 aromatic rings. The van der Waals surface area contributed by atoms with Gasteiger partial charge in [-0.1, -0.05) is 18.2 Å². The molecule has 0 atom stereocenters. The van der Waals surface area contributed by atoms with Crippen molar-refractivity contribution in [3.63, 3.8) is 0 Å². The second-order valence-corrected chi connectivity index (χ2v) is 7.43. The van der Waals surface area contributed by atoms with Crippen molar-refractivity contribution in [2.45, 2.75) is 40.2 Å². The Labute approximate surface area is 184 Å². The van der Waals surface area contributed by atoms with Gasteiger partial charge in [0.1, 0.15) is 11.5 Å². The molecule has 0 bridgehead atoms. The number of anilines is 1. The number of carbonyl (C=O) groups is 2. The van der Waals surface area contributed by atoms with Crippen molar-refractivity contribution in [1.82, 2.24) is 0 Å². The van der Waals surface area contributed by atoms with Crippen molar-refractivity contribution < 1.29 is 19.4 Å². The van der Waals surface area contributed by atoms with Crippen molar-refractivity contribution in [1.29, 1.82) is 0 Å². The van der Waals surface area contributed by atoms with Gasteiger partial charge in [-0.15, -0.1) is 0 Å². The Hall–Kier alpha value is -3.34. The fourth-order valence-electron chi connectivity index (χ4n) is 3.05. The Bertz CT molecular complexity index is 938. The van der Waals surface area contributed by atoms with E-state index in [1.54, 1.807) is 36.4 Å². The Morgan fingerprint density at radius 2 is 1.58 bits per heavy atom. The first-order valence-electron chi connectivity index (χ1n) is 10.6. The van der Waals surface area contributed by atoms with Crippen LogP contribution < -0.4 is 9.64 Å². The highest BCUT2D eigenvalue weighted by atomic mass is 16.5. The average Bonchev–Trinajstić information content (AvgIpc) is 2.73. The summed E-state index contributed by atoms with van der Waals surface area (Å²) in [6.45, 7) is 9.91. The summed E-state index contributed by atoms with van der Waals surface area (Å²) < 4.78 is 5.95. The lowest BCUT2D eigenvalue weighted by atomic mass is 10.1. The number of phenols is 1. The van der Waals surface area contributed by atoms with E-state index in [-0.39, 0.29) is 29.8 Å². The SMILES string of the molecule is CCN(CC)c1ccc(C=CC(=O)CC(=O)C=Cc2ccc(O)cc2)c(OC(C)C)c1. The van der Waals surface area contributed by atoms with Crippen LogP contribution in [0.2, 0.25) is 0 Å². The van der Waals surface area contributed by atoms with Crippen LogP contribution in [-0.4, -0.2) is 35.9 Å². The topological polar surface area (TPSA) is 66.8 Å². The van der Waals surface area contributed by atoms with Crippen LogP contribution in [-0.2, 0) is 9.59 Å². The van der Waals surface area contributed by atoms with Gasteiger partial charge in [0.25, 0.3) is 0 Å². The third kappa shape index (κ3) is 7.78. The summed E-state index contributed by atoms with van der Waals surface area (Å²) in [5, 5.41) is 9.29. The molecular formula is C26H31NO4. The summed E-state index contributed by atoms with van der Waals surface area (Å²) >= 11 is 0. The molecule has 0 saturated heterocycles. The average molecular weight is 422 g/mol. The molecule has 0 radical (unpaired) electrons. The Balaban J connectivity index is 2.07. The number of rotatable bonds is 11. The number of benzene rings is 2. The molecule has 2 rings (SSSR count). The molecule has 5 nitrogen and oxygen atoms in total. The molecule has 2 aromatic carbocycles. The summed E-state index contributed by atoms with van der Waals surface area (Å²) in [7, 11) is 0. The predicted molar refractivity (Wildman–Crippen MR) is 127 cm³/mol. The molecule has 0 amide bonds. The van der Waals surface area contributed by atoms with Gasteiger partial charge in [-0.3, -0.25) is 9.59 Å². The van der Waals surface area contributed by atoms with Crippen LogP contribution >= 0.6 is 0 Å². The van der Waals surface area contributed by atoms with E-state index in [1.807, 2.05) is 32.0 Å². The molecule has 0 aliphatic carbocycles. The minimum atomic E-state index is -0.279. The van der Waals surface area contributed by atoms with Crippen molar-refractivity contribution in [2.24, 2.45) is 0 Å². The molecule has 5 heteroatoms. The van der Waals surface area contributed by atoms with Crippen LogP contribution in [0.4, 0.5) is 5.69 Å². The van der Waals surface area contributed by atoms with E-state index < -0.39 is 0 Å². The number of hydrogen-bond donors (Lipinski definition) is 1. The molecule has 164 valence electrons. The number of ether oxygens (including phenoxy) is 1. The van der Waals surface area contributed by atoms with Gasteiger partial charge in [-0.25, -0.2) is 0 Å². The van der Waals surface area contributed by atoms with Crippen LogP contribution in [0, 0.1) is 0 Å². The van der Waals surface area contributed by atoms with E-state index in [0.717, 1.165) is 29.9 Å². The van der Waals surface area contributed by atoms with Gasteiger partial charge < -0.3 is 14.7 Å². The van der Waals surface area contributed by atoms with Crippen LogP contribution in [0.25, 0.3) is 12.2 Å². The first-order valence-corrected chi connectivity index (χ1v) is 10.6. The molecule has 0 aromatic heterocycles. The highest BCUT2D eigenvalue weighted by Gasteiger charge is 2.10. The molecule has 31 heavy (non-hydrogen) atoms. The van der Waals surface area contributed by atoms with Gasteiger partial charge in [-0.05, 0) is 75.8 Å². The molecular weight excluding hydrogens is 390 g/mol. The Kier molecular flexibility index (Phi) is 9.07.